The molecule has 1 saturated carbocycles. The lowest BCUT2D eigenvalue weighted by molar-refractivity contribution is -0.136. The third-order valence-corrected chi connectivity index (χ3v) is 8.12. The number of halogens is 2. The molecule has 3 heterocycles. The maximum atomic E-state index is 15.7. The molecule has 2 saturated heterocycles. The average molecular weight is 476 g/mol. The highest BCUT2D eigenvalue weighted by atomic mass is 19.1. The van der Waals surface area contributed by atoms with Gasteiger partial charge in [0.2, 0.25) is 11.8 Å². The van der Waals surface area contributed by atoms with Crippen molar-refractivity contribution in [2.45, 2.75) is 76.0 Å². The van der Waals surface area contributed by atoms with Gasteiger partial charge in [0.15, 0.2) is 0 Å². The van der Waals surface area contributed by atoms with Crippen LogP contribution in [0.25, 0.3) is 0 Å². The van der Waals surface area contributed by atoms with Crippen LogP contribution in [0.2, 0.25) is 0 Å². The third-order valence-electron chi connectivity index (χ3n) is 8.12. The van der Waals surface area contributed by atoms with Gasteiger partial charge in [0.1, 0.15) is 17.7 Å². The number of carbonyl (C=O) groups excluding carboxylic acids is 3. The molecule has 184 valence electrons. The fourth-order valence-corrected chi connectivity index (χ4v) is 6.15. The third kappa shape index (κ3) is 4.13. The van der Waals surface area contributed by atoms with E-state index >= 15 is 8.78 Å². The van der Waals surface area contributed by atoms with Crippen LogP contribution in [-0.2, 0) is 21.7 Å². The van der Waals surface area contributed by atoms with Gasteiger partial charge >= 0.3 is 0 Å². The van der Waals surface area contributed by atoms with Crippen molar-refractivity contribution in [2.75, 3.05) is 19.6 Å². The lowest BCUT2D eigenvalue weighted by Crippen LogP contribution is -2.52. The Morgan fingerprint density at radius 2 is 1.76 bits per heavy atom. The van der Waals surface area contributed by atoms with E-state index in [9.17, 15) is 19.5 Å². The van der Waals surface area contributed by atoms with Crippen LogP contribution in [0.15, 0.2) is 6.07 Å². The summed E-state index contributed by atoms with van der Waals surface area (Å²) in [6.07, 6.45) is 6.88. The van der Waals surface area contributed by atoms with Crippen molar-refractivity contribution in [3.63, 3.8) is 0 Å². The minimum absolute atomic E-state index is 0.00385. The Morgan fingerprint density at radius 1 is 1.06 bits per heavy atom. The summed E-state index contributed by atoms with van der Waals surface area (Å²) in [6.45, 7) is 1.89. The standard InChI is InChI=1S/C25H31F2N3O4/c26-18-12-16-17(14-30(24(16)33)19-6-7-20(31)28-23(19)32)22(27)21(18)25(34)8-10-29(11-9-25)13-15-4-2-1-3-5-15/h12,15,19,34H,1-11,13-14H2,(H,28,31,32). The maximum absolute atomic E-state index is 15.7. The summed E-state index contributed by atoms with van der Waals surface area (Å²) in [4.78, 5) is 40.0. The molecule has 5 rings (SSSR count). The van der Waals surface area contributed by atoms with E-state index in [-0.39, 0.29) is 48.9 Å². The SMILES string of the molecule is O=C1CCC(N2Cc3c(cc(F)c(C4(O)CCN(CC5CCCCC5)CC4)c3F)C2=O)C(=O)N1. The van der Waals surface area contributed by atoms with Crippen LogP contribution in [0.4, 0.5) is 8.78 Å². The zero-order chi connectivity index (χ0) is 24.0. The minimum Gasteiger partial charge on any atom is -0.385 e. The summed E-state index contributed by atoms with van der Waals surface area (Å²) in [5.41, 5.74) is -2.13. The first kappa shape index (κ1) is 23.4. The second kappa shape index (κ2) is 9.00. The number of rotatable bonds is 4. The Labute approximate surface area is 197 Å². The molecule has 0 spiro atoms. The zero-order valence-corrected chi connectivity index (χ0v) is 19.2. The Kier molecular flexibility index (Phi) is 6.18. The molecular weight excluding hydrogens is 444 g/mol. The van der Waals surface area contributed by atoms with Crippen molar-refractivity contribution in [3.05, 3.63) is 34.4 Å². The second-order valence-corrected chi connectivity index (χ2v) is 10.3. The van der Waals surface area contributed by atoms with Crippen molar-refractivity contribution in [1.82, 2.24) is 15.1 Å². The molecule has 4 aliphatic rings. The van der Waals surface area contributed by atoms with E-state index in [0.717, 1.165) is 12.6 Å². The topological polar surface area (TPSA) is 90.0 Å². The Hall–Kier alpha value is -2.39. The quantitative estimate of drug-likeness (QED) is 0.654. The number of hydrogen-bond acceptors (Lipinski definition) is 5. The molecule has 0 radical (unpaired) electrons. The maximum Gasteiger partial charge on any atom is 0.255 e. The predicted octanol–water partition coefficient (Wildman–Crippen LogP) is 2.59. The van der Waals surface area contributed by atoms with E-state index in [1.807, 2.05) is 0 Å². The molecule has 0 aromatic heterocycles. The predicted molar refractivity (Wildman–Crippen MR) is 119 cm³/mol. The van der Waals surface area contributed by atoms with Crippen molar-refractivity contribution < 1.29 is 28.3 Å². The van der Waals surface area contributed by atoms with E-state index in [4.69, 9.17) is 0 Å². The number of hydrogen-bond donors (Lipinski definition) is 2. The van der Waals surface area contributed by atoms with Crippen molar-refractivity contribution in [2.24, 2.45) is 5.92 Å². The van der Waals surface area contributed by atoms with Crippen LogP contribution < -0.4 is 5.32 Å². The highest BCUT2D eigenvalue weighted by Crippen LogP contribution is 2.41. The first-order valence-corrected chi connectivity index (χ1v) is 12.4. The molecule has 0 bridgehead atoms. The number of likely N-dealkylation sites (tertiary alicyclic amines) is 1. The lowest BCUT2D eigenvalue weighted by Gasteiger charge is -2.40. The molecule has 1 aromatic rings. The Morgan fingerprint density at radius 3 is 2.44 bits per heavy atom. The van der Waals surface area contributed by atoms with Gasteiger partial charge in [-0.05, 0) is 44.1 Å². The smallest absolute Gasteiger partial charge is 0.255 e. The number of imide groups is 1. The molecule has 1 unspecified atom stereocenters. The van der Waals surface area contributed by atoms with Gasteiger partial charge in [-0.3, -0.25) is 19.7 Å². The summed E-state index contributed by atoms with van der Waals surface area (Å²) in [5, 5.41) is 13.5. The van der Waals surface area contributed by atoms with Gasteiger partial charge in [0.25, 0.3) is 5.91 Å². The van der Waals surface area contributed by atoms with Gasteiger partial charge in [0.05, 0.1) is 23.3 Å². The molecule has 9 heteroatoms. The van der Waals surface area contributed by atoms with E-state index in [0.29, 0.717) is 19.0 Å². The van der Waals surface area contributed by atoms with Gasteiger partial charge < -0.3 is 14.9 Å². The number of fused-ring (bicyclic) bond motifs is 1. The molecule has 1 aliphatic carbocycles. The first-order chi connectivity index (χ1) is 16.3. The number of piperidine rings is 2. The summed E-state index contributed by atoms with van der Waals surface area (Å²) < 4.78 is 30.8. The van der Waals surface area contributed by atoms with E-state index in [1.54, 1.807) is 0 Å². The summed E-state index contributed by atoms with van der Waals surface area (Å²) in [7, 11) is 0. The van der Waals surface area contributed by atoms with Crippen molar-refractivity contribution >= 4 is 17.7 Å². The number of aliphatic hydroxyl groups is 1. The van der Waals surface area contributed by atoms with Gasteiger partial charge in [-0.15, -0.1) is 0 Å². The van der Waals surface area contributed by atoms with Crippen LogP contribution in [0.5, 0.6) is 0 Å². The Bertz CT molecular complexity index is 1020. The van der Waals surface area contributed by atoms with Crippen LogP contribution in [0.1, 0.15) is 79.3 Å². The lowest BCUT2D eigenvalue weighted by atomic mass is 9.81. The largest absolute Gasteiger partial charge is 0.385 e. The first-order valence-electron chi connectivity index (χ1n) is 12.4. The number of carbonyl (C=O) groups is 3. The van der Waals surface area contributed by atoms with E-state index < -0.39 is 41.0 Å². The fourth-order valence-electron chi connectivity index (χ4n) is 6.15. The summed E-state index contributed by atoms with van der Waals surface area (Å²) in [6, 6.07) is 0.0866. The molecule has 2 N–H and O–H groups in total. The van der Waals surface area contributed by atoms with Gasteiger partial charge in [-0.25, -0.2) is 8.78 Å². The van der Waals surface area contributed by atoms with Gasteiger partial charge in [-0.1, -0.05) is 19.3 Å². The van der Waals surface area contributed by atoms with Gasteiger partial charge in [-0.2, -0.15) is 0 Å². The van der Waals surface area contributed by atoms with Crippen LogP contribution in [0.3, 0.4) is 0 Å². The molecule has 3 aliphatic heterocycles. The van der Waals surface area contributed by atoms with E-state index in [1.165, 1.54) is 37.0 Å². The number of nitrogens with zero attached hydrogens (tertiary/aromatic N) is 2. The number of benzene rings is 1. The molecule has 3 fully saturated rings. The van der Waals surface area contributed by atoms with Crippen LogP contribution in [0, 0.1) is 17.6 Å². The van der Waals surface area contributed by atoms with Crippen LogP contribution >= 0.6 is 0 Å². The normalized spacial score (nSPS) is 26.0. The second-order valence-electron chi connectivity index (χ2n) is 10.3. The van der Waals surface area contributed by atoms with Gasteiger partial charge in [0, 0.05) is 31.6 Å². The van der Waals surface area contributed by atoms with Crippen molar-refractivity contribution in [1.29, 1.82) is 0 Å². The van der Waals surface area contributed by atoms with Crippen molar-refractivity contribution in [3.8, 4) is 0 Å². The molecule has 7 nitrogen and oxygen atoms in total. The molecular formula is C25H31F2N3O4. The number of nitrogens with one attached hydrogen (secondary N) is 1. The number of amides is 3. The fraction of sp³-hybridized carbons (Fsp3) is 0.640. The molecule has 34 heavy (non-hydrogen) atoms. The summed E-state index contributed by atoms with van der Waals surface area (Å²) >= 11 is 0. The molecule has 1 atom stereocenters. The zero-order valence-electron chi connectivity index (χ0n) is 19.2. The minimum atomic E-state index is -1.64. The molecule has 1 aromatic carbocycles. The Balaban J connectivity index is 1.33. The summed E-state index contributed by atoms with van der Waals surface area (Å²) in [5.74, 6) is -2.84. The van der Waals surface area contributed by atoms with E-state index in [2.05, 4.69) is 10.2 Å². The highest BCUT2D eigenvalue weighted by molar-refractivity contribution is 6.05. The highest BCUT2D eigenvalue weighted by Gasteiger charge is 2.45. The molecule has 3 amide bonds. The monoisotopic (exact) mass is 475 g/mol. The average Bonchev–Trinajstić information content (AvgIpc) is 3.13. The van der Waals surface area contributed by atoms with Crippen LogP contribution in [-0.4, -0.2) is 58.3 Å².